The first-order valence-corrected chi connectivity index (χ1v) is 16.5. The van der Waals surface area contributed by atoms with Gasteiger partial charge in [-0.15, -0.1) is 10.2 Å². The van der Waals surface area contributed by atoms with Crippen molar-refractivity contribution >= 4 is 11.2 Å². The highest BCUT2D eigenvalue weighted by molar-refractivity contribution is 5.80. The van der Waals surface area contributed by atoms with Crippen LogP contribution in [0.15, 0.2) is 48.5 Å². The van der Waals surface area contributed by atoms with E-state index in [1.54, 1.807) is 0 Å². The van der Waals surface area contributed by atoms with Gasteiger partial charge in [0, 0.05) is 17.7 Å². The van der Waals surface area contributed by atoms with Crippen molar-refractivity contribution in [2.75, 3.05) is 0 Å². The maximum atomic E-state index is 10.5. The van der Waals surface area contributed by atoms with Crippen molar-refractivity contribution in [1.29, 1.82) is 0 Å². The van der Waals surface area contributed by atoms with Crippen LogP contribution in [0.25, 0.3) is 33.7 Å². The third-order valence-electron chi connectivity index (χ3n) is 9.33. The van der Waals surface area contributed by atoms with Crippen LogP contribution in [-0.4, -0.2) is 46.3 Å². The van der Waals surface area contributed by atoms with E-state index < -0.39 is 5.60 Å². The van der Waals surface area contributed by atoms with Crippen LogP contribution in [0.1, 0.15) is 99.3 Å². The molecule has 0 spiro atoms. The number of aryl methyl sites for hydroxylation is 5. The van der Waals surface area contributed by atoms with Gasteiger partial charge in [0.05, 0.1) is 11.1 Å². The van der Waals surface area contributed by atoms with Gasteiger partial charge in [0.15, 0.2) is 5.65 Å². The molecule has 230 valence electrons. The number of tetrazole rings is 1. The average molecular weight is 592 g/mol. The lowest BCUT2D eigenvalue weighted by atomic mass is 9.94. The Bertz CT molecular complexity index is 1670. The number of unbranched alkanes of at least 4 members (excludes halogenated alkanes) is 1. The minimum absolute atomic E-state index is 0.456. The van der Waals surface area contributed by atoms with E-state index in [-0.39, 0.29) is 0 Å². The smallest absolute Gasteiger partial charge is 0.205 e. The van der Waals surface area contributed by atoms with E-state index in [1.807, 2.05) is 12.1 Å². The molecule has 0 bridgehead atoms. The summed E-state index contributed by atoms with van der Waals surface area (Å²) in [5, 5.41) is 25.0. The van der Waals surface area contributed by atoms with Gasteiger partial charge in [0.25, 0.3) is 0 Å². The fourth-order valence-corrected chi connectivity index (χ4v) is 6.78. The summed E-state index contributed by atoms with van der Waals surface area (Å²) in [6.45, 7) is 4.30. The number of benzene rings is 2. The van der Waals surface area contributed by atoms with Crippen molar-refractivity contribution in [3.63, 3.8) is 0 Å². The molecule has 0 radical (unpaired) electrons. The van der Waals surface area contributed by atoms with Gasteiger partial charge < -0.3 is 10.1 Å². The Morgan fingerprint density at radius 3 is 2.43 bits per heavy atom. The zero-order valence-corrected chi connectivity index (χ0v) is 26.2. The highest BCUT2D eigenvalue weighted by Crippen LogP contribution is 2.34. The normalized spacial score (nSPS) is 15.9. The van der Waals surface area contributed by atoms with E-state index in [2.05, 4.69) is 80.8 Å². The van der Waals surface area contributed by atoms with Crippen molar-refractivity contribution in [2.45, 2.75) is 109 Å². The van der Waals surface area contributed by atoms with Crippen LogP contribution in [-0.2, 0) is 25.7 Å². The largest absolute Gasteiger partial charge is 0.390 e. The Balaban J connectivity index is 0.000000156. The number of hydrogen-bond donors (Lipinski definition) is 3. The molecule has 8 nitrogen and oxygen atoms in total. The molecule has 2 aromatic carbocycles. The third-order valence-corrected chi connectivity index (χ3v) is 9.33. The fourth-order valence-electron chi connectivity index (χ4n) is 6.78. The van der Waals surface area contributed by atoms with E-state index in [0.717, 1.165) is 85.2 Å². The van der Waals surface area contributed by atoms with Crippen molar-refractivity contribution in [3.05, 3.63) is 76.7 Å². The number of H-pyrrole nitrogens is 2. The number of pyridine rings is 1. The Labute approximate surface area is 260 Å². The molecule has 0 amide bonds. The molecule has 2 aliphatic rings. The Kier molecular flexibility index (Phi) is 9.45. The minimum atomic E-state index is -0.456. The monoisotopic (exact) mass is 591 g/mol. The lowest BCUT2D eigenvalue weighted by molar-refractivity contribution is 0.0389. The summed E-state index contributed by atoms with van der Waals surface area (Å²) in [6.07, 6.45) is 15.5. The summed E-state index contributed by atoms with van der Waals surface area (Å²) in [6, 6.07) is 17.3. The molecule has 0 atom stereocenters. The molecule has 5 aromatic rings. The fraction of sp³-hybridized carbons (Fsp3) is 0.472. The zero-order chi connectivity index (χ0) is 30.4. The number of rotatable bonds is 8. The van der Waals surface area contributed by atoms with Crippen LogP contribution in [0, 0.1) is 6.92 Å². The molecule has 1 fully saturated rings. The first-order valence-electron chi connectivity index (χ1n) is 16.5. The maximum Gasteiger partial charge on any atom is 0.205 e. The third kappa shape index (κ3) is 7.07. The number of nitrogens with one attached hydrogen (secondary N) is 2. The molecule has 0 unspecified atom stereocenters. The molecule has 0 saturated heterocycles. The number of aromatic nitrogens is 7. The van der Waals surface area contributed by atoms with Crippen molar-refractivity contribution in [1.82, 2.24) is 35.6 Å². The number of hydrogen-bond acceptors (Lipinski definition) is 6. The second-order valence-electron chi connectivity index (χ2n) is 12.7. The van der Waals surface area contributed by atoms with E-state index in [1.165, 1.54) is 60.8 Å². The lowest BCUT2D eigenvalue weighted by Crippen LogP contribution is -2.24. The predicted octanol–water partition coefficient (Wildman–Crippen LogP) is 7.65. The van der Waals surface area contributed by atoms with E-state index in [9.17, 15) is 5.11 Å². The summed E-state index contributed by atoms with van der Waals surface area (Å²) in [4.78, 5) is 12.8. The van der Waals surface area contributed by atoms with E-state index in [0.29, 0.717) is 5.82 Å². The van der Waals surface area contributed by atoms with Crippen LogP contribution >= 0.6 is 0 Å². The molecule has 3 N–H and O–H groups in total. The standard InChI is InChI=1S/C18H18N4.C18H27N3O/c1-2-6-13-10-11-15(12-14(13)7-3-1)16-8-4-5-9-17(16)18-19-21-22-20-18;1-3-4-7-15-20-16-13(2)12-14(19-17(16)21-15)8-11-18(22)9-5-6-10-18/h4-5,8-12H,1-3,6-7H2,(H,19,20,21,22);12,22H,3-11H2,1-2H3,(H,19,20,21). The van der Waals surface area contributed by atoms with Crippen molar-refractivity contribution < 1.29 is 5.11 Å². The maximum absolute atomic E-state index is 10.5. The number of fused-ring (bicyclic) bond motifs is 2. The van der Waals surface area contributed by atoms with Gasteiger partial charge in [-0.2, -0.15) is 5.21 Å². The summed E-state index contributed by atoms with van der Waals surface area (Å²) >= 11 is 0. The van der Waals surface area contributed by atoms with Gasteiger partial charge in [-0.25, -0.2) is 9.97 Å². The number of aromatic amines is 2. The van der Waals surface area contributed by atoms with Crippen LogP contribution < -0.4 is 0 Å². The molecule has 0 aliphatic heterocycles. The second kappa shape index (κ2) is 13.8. The average Bonchev–Trinajstić information content (AvgIpc) is 3.79. The Morgan fingerprint density at radius 1 is 0.864 bits per heavy atom. The summed E-state index contributed by atoms with van der Waals surface area (Å²) < 4.78 is 0. The van der Waals surface area contributed by atoms with Gasteiger partial charge in [0.2, 0.25) is 5.82 Å². The van der Waals surface area contributed by atoms with Crippen LogP contribution in [0.2, 0.25) is 0 Å². The summed E-state index contributed by atoms with van der Waals surface area (Å²) in [5.41, 5.74) is 10.1. The van der Waals surface area contributed by atoms with Gasteiger partial charge in [0.1, 0.15) is 5.82 Å². The van der Waals surface area contributed by atoms with Gasteiger partial charge in [-0.1, -0.05) is 75.1 Å². The van der Waals surface area contributed by atoms with Crippen molar-refractivity contribution in [2.24, 2.45) is 0 Å². The highest BCUT2D eigenvalue weighted by atomic mass is 16.3. The SMILES string of the molecule is CCCCc1nc2nc(CCC3(O)CCCC3)cc(C)c2[nH]1.c1ccc(-c2nn[nH]n2)c(-c2ccc3c(c2)CCCCC3)c1. The second-order valence-corrected chi connectivity index (χ2v) is 12.7. The molecule has 1 saturated carbocycles. The topological polar surface area (TPSA) is 116 Å². The van der Waals surface area contributed by atoms with E-state index in [4.69, 9.17) is 4.98 Å². The van der Waals surface area contributed by atoms with Gasteiger partial charge in [-0.3, -0.25) is 0 Å². The molecular formula is C36H45N7O. The predicted molar refractivity (Wildman–Crippen MR) is 175 cm³/mol. The van der Waals surface area contributed by atoms with Crippen LogP contribution in [0.4, 0.5) is 0 Å². The molecular weight excluding hydrogens is 546 g/mol. The molecule has 2 aliphatic carbocycles. The summed E-state index contributed by atoms with van der Waals surface area (Å²) in [7, 11) is 0. The molecule has 7 rings (SSSR count). The van der Waals surface area contributed by atoms with Crippen molar-refractivity contribution in [3.8, 4) is 22.5 Å². The Hall–Kier alpha value is -3.91. The van der Waals surface area contributed by atoms with E-state index >= 15 is 0 Å². The zero-order valence-electron chi connectivity index (χ0n) is 26.2. The lowest BCUT2D eigenvalue weighted by Gasteiger charge is -2.21. The number of aliphatic hydroxyl groups is 1. The summed E-state index contributed by atoms with van der Waals surface area (Å²) in [5.74, 6) is 1.68. The molecule has 8 heteroatoms. The van der Waals surface area contributed by atoms with Crippen LogP contribution in [0.5, 0.6) is 0 Å². The first kappa shape index (κ1) is 30.1. The van der Waals surface area contributed by atoms with Crippen LogP contribution in [0.3, 0.4) is 0 Å². The molecule has 3 heterocycles. The number of nitrogens with zero attached hydrogens (tertiary/aromatic N) is 5. The molecule has 3 aromatic heterocycles. The van der Waals surface area contributed by atoms with Gasteiger partial charge in [-0.05, 0) is 104 Å². The minimum Gasteiger partial charge on any atom is -0.390 e. The van der Waals surface area contributed by atoms with Gasteiger partial charge >= 0.3 is 0 Å². The first-order chi connectivity index (χ1) is 21.5. The quantitative estimate of drug-likeness (QED) is 0.160. The Morgan fingerprint density at radius 2 is 1.66 bits per heavy atom. The molecule has 44 heavy (non-hydrogen) atoms. The number of imidazole rings is 1. The highest BCUT2D eigenvalue weighted by Gasteiger charge is 2.30.